The highest BCUT2D eigenvalue weighted by Gasteiger charge is 2.08. The fraction of sp³-hybridized carbons (Fsp3) is 0.182. The highest BCUT2D eigenvalue weighted by molar-refractivity contribution is 5.94. The highest BCUT2D eigenvalue weighted by Crippen LogP contribution is 2.18. The molecule has 4 aromatic rings. The minimum absolute atomic E-state index is 0.247. The van der Waals surface area contributed by atoms with Gasteiger partial charge in [-0.3, -0.25) is 4.79 Å². The van der Waals surface area contributed by atoms with Gasteiger partial charge >= 0.3 is 0 Å². The Morgan fingerprint density at radius 1 is 1.07 bits per heavy atom. The SMILES string of the molecule is CCOc1ccc(OCCNC(=O)/C=C/c2nnc3c4ccccc4cnn23)cc1. The molecule has 0 spiro atoms. The maximum absolute atomic E-state index is 12.1. The van der Waals surface area contributed by atoms with Crippen LogP contribution in [0, 0.1) is 0 Å². The van der Waals surface area contributed by atoms with Gasteiger partial charge in [0.15, 0.2) is 11.5 Å². The lowest BCUT2D eigenvalue weighted by Gasteiger charge is -2.08. The Bertz CT molecular complexity index is 1180. The van der Waals surface area contributed by atoms with Gasteiger partial charge in [0.05, 0.1) is 19.3 Å². The Morgan fingerprint density at radius 3 is 2.63 bits per heavy atom. The lowest BCUT2D eigenvalue weighted by molar-refractivity contribution is -0.116. The van der Waals surface area contributed by atoms with E-state index in [1.54, 1.807) is 16.8 Å². The zero-order chi connectivity index (χ0) is 20.8. The molecule has 2 heterocycles. The molecule has 2 aromatic carbocycles. The van der Waals surface area contributed by atoms with Crippen molar-refractivity contribution in [3.63, 3.8) is 0 Å². The summed E-state index contributed by atoms with van der Waals surface area (Å²) in [5.74, 6) is 1.75. The van der Waals surface area contributed by atoms with Crippen LogP contribution >= 0.6 is 0 Å². The lowest BCUT2D eigenvalue weighted by atomic mass is 10.2. The number of benzene rings is 2. The van der Waals surface area contributed by atoms with Crippen molar-refractivity contribution < 1.29 is 14.3 Å². The molecule has 0 saturated carbocycles. The summed E-state index contributed by atoms with van der Waals surface area (Å²) in [4.78, 5) is 12.1. The number of carbonyl (C=O) groups excluding carboxylic acids is 1. The third-order valence-electron chi connectivity index (χ3n) is 4.37. The second-order valence-corrected chi connectivity index (χ2v) is 6.40. The number of nitrogens with zero attached hydrogens (tertiary/aromatic N) is 4. The molecule has 30 heavy (non-hydrogen) atoms. The third-order valence-corrected chi connectivity index (χ3v) is 4.37. The molecule has 0 aliphatic heterocycles. The van der Waals surface area contributed by atoms with E-state index >= 15 is 0 Å². The number of ether oxygens (including phenoxy) is 2. The summed E-state index contributed by atoms with van der Waals surface area (Å²) >= 11 is 0. The summed E-state index contributed by atoms with van der Waals surface area (Å²) in [7, 11) is 0. The van der Waals surface area contributed by atoms with Crippen LogP contribution < -0.4 is 14.8 Å². The average Bonchev–Trinajstić information content (AvgIpc) is 3.20. The van der Waals surface area contributed by atoms with E-state index in [0.29, 0.717) is 31.2 Å². The first-order chi connectivity index (χ1) is 14.7. The van der Waals surface area contributed by atoms with Gasteiger partial charge in [-0.25, -0.2) is 0 Å². The van der Waals surface area contributed by atoms with Crippen molar-refractivity contribution in [2.75, 3.05) is 19.8 Å². The number of aromatic nitrogens is 4. The largest absolute Gasteiger partial charge is 0.494 e. The molecule has 8 nitrogen and oxygen atoms in total. The summed E-state index contributed by atoms with van der Waals surface area (Å²) in [6.45, 7) is 3.29. The van der Waals surface area contributed by atoms with Crippen LogP contribution in [0.4, 0.5) is 0 Å². The topological polar surface area (TPSA) is 90.6 Å². The number of hydrogen-bond donors (Lipinski definition) is 1. The molecule has 0 saturated heterocycles. The quantitative estimate of drug-likeness (QED) is 0.359. The molecule has 0 radical (unpaired) electrons. The fourth-order valence-electron chi connectivity index (χ4n) is 2.96. The predicted molar refractivity (Wildman–Crippen MR) is 113 cm³/mol. The van der Waals surface area contributed by atoms with Gasteiger partial charge in [0, 0.05) is 16.8 Å². The molecule has 4 rings (SSSR count). The maximum Gasteiger partial charge on any atom is 0.244 e. The van der Waals surface area contributed by atoms with Crippen LogP contribution in [-0.2, 0) is 4.79 Å². The first-order valence-corrected chi connectivity index (χ1v) is 9.65. The molecule has 0 aliphatic rings. The van der Waals surface area contributed by atoms with Crippen LogP contribution in [0.15, 0.2) is 60.8 Å². The summed E-state index contributed by atoms with van der Waals surface area (Å²) in [5.41, 5.74) is 0.650. The predicted octanol–water partition coefficient (Wildman–Crippen LogP) is 2.88. The van der Waals surface area contributed by atoms with E-state index in [1.807, 2.05) is 55.5 Å². The van der Waals surface area contributed by atoms with Crippen LogP contribution in [0.3, 0.4) is 0 Å². The Balaban J connectivity index is 1.30. The van der Waals surface area contributed by atoms with Gasteiger partial charge in [-0.15, -0.1) is 10.2 Å². The Hall–Kier alpha value is -3.94. The van der Waals surface area contributed by atoms with Gasteiger partial charge in [0.2, 0.25) is 5.91 Å². The minimum Gasteiger partial charge on any atom is -0.494 e. The first kappa shape index (κ1) is 19.4. The third kappa shape index (κ3) is 4.38. The smallest absolute Gasteiger partial charge is 0.244 e. The standard InChI is InChI=1S/C22H21N5O3/c1-2-29-17-7-9-18(10-8-17)30-14-13-23-21(28)12-11-20-25-26-22-19-6-4-3-5-16(19)15-24-27(20)22/h3-12,15H,2,13-14H2,1H3,(H,23,28)/b12-11+. The molecule has 8 heteroatoms. The van der Waals surface area contributed by atoms with Crippen molar-refractivity contribution in [3.05, 3.63) is 66.6 Å². The van der Waals surface area contributed by atoms with Crippen molar-refractivity contribution >= 4 is 28.4 Å². The van der Waals surface area contributed by atoms with Crippen molar-refractivity contribution in [2.45, 2.75) is 6.92 Å². The molecule has 152 valence electrons. The Labute approximate surface area is 173 Å². The van der Waals surface area contributed by atoms with E-state index in [2.05, 4.69) is 20.6 Å². The van der Waals surface area contributed by atoms with E-state index in [0.717, 1.165) is 22.3 Å². The summed E-state index contributed by atoms with van der Waals surface area (Å²) < 4.78 is 12.6. The fourth-order valence-corrected chi connectivity index (χ4v) is 2.96. The van der Waals surface area contributed by atoms with E-state index in [9.17, 15) is 4.79 Å². The van der Waals surface area contributed by atoms with Crippen LogP contribution in [0.25, 0.3) is 22.5 Å². The zero-order valence-electron chi connectivity index (χ0n) is 16.5. The van der Waals surface area contributed by atoms with Crippen LogP contribution in [0.1, 0.15) is 12.7 Å². The summed E-state index contributed by atoms with van der Waals surface area (Å²) in [6.07, 6.45) is 4.75. The van der Waals surface area contributed by atoms with Gasteiger partial charge in [-0.1, -0.05) is 24.3 Å². The number of carbonyl (C=O) groups is 1. The second-order valence-electron chi connectivity index (χ2n) is 6.40. The van der Waals surface area contributed by atoms with E-state index < -0.39 is 0 Å². The summed E-state index contributed by atoms with van der Waals surface area (Å²) in [6, 6.07) is 15.2. The van der Waals surface area contributed by atoms with Crippen molar-refractivity contribution in [1.29, 1.82) is 0 Å². The molecule has 0 fully saturated rings. The van der Waals surface area contributed by atoms with Crippen LogP contribution in [0.2, 0.25) is 0 Å². The zero-order valence-corrected chi connectivity index (χ0v) is 16.5. The molecule has 0 aliphatic carbocycles. The highest BCUT2D eigenvalue weighted by atomic mass is 16.5. The Kier molecular flexibility index (Phi) is 5.84. The summed E-state index contributed by atoms with van der Waals surface area (Å²) in [5, 5.41) is 17.4. The molecule has 1 N–H and O–H groups in total. The second kappa shape index (κ2) is 9.04. The molecular formula is C22H21N5O3. The molecule has 0 bridgehead atoms. The van der Waals surface area contributed by atoms with Gasteiger partial charge in [0.25, 0.3) is 0 Å². The Morgan fingerprint density at radius 2 is 1.83 bits per heavy atom. The molecular weight excluding hydrogens is 382 g/mol. The van der Waals surface area contributed by atoms with Crippen molar-refractivity contribution in [2.24, 2.45) is 0 Å². The number of amides is 1. The number of hydrogen-bond acceptors (Lipinski definition) is 6. The molecule has 0 unspecified atom stereocenters. The van der Waals surface area contributed by atoms with Crippen molar-refractivity contribution in [1.82, 2.24) is 25.1 Å². The molecule has 0 atom stereocenters. The normalized spacial score (nSPS) is 11.2. The molecule has 2 aromatic heterocycles. The van der Waals surface area contributed by atoms with Gasteiger partial charge in [-0.05, 0) is 37.3 Å². The maximum atomic E-state index is 12.1. The van der Waals surface area contributed by atoms with E-state index in [-0.39, 0.29) is 5.91 Å². The first-order valence-electron chi connectivity index (χ1n) is 9.65. The van der Waals surface area contributed by atoms with Gasteiger partial charge in [-0.2, -0.15) is 9.61 Å². The van der Waals surface area contributed by atoms with Crippen LogP contribution in [-0.4, -0.2) is 45.5 Å². The number of rotatable bonds is 8. The number of nitrogens with one attached hydrogen (secondary N) is 1. The van der Waals surface area contributed by atoms with Gasteiger partial charge in [0.1, 0.15) is 18.1 Å². The lowest BCUT2D eigenvalue weighted by Crippen LogP contribution is -2.26. The minimum atomic E-state index is -0.247. The van der Waals surface area contributed by atoms with Crippen LogP contribution in [0.5, 0.6) is 11.5 Å². The average molecular weight is 403 g/mol. The molecule has 1 amide bonds. The van der Waals surface area contributed by atoms with Gasteiger partial charge < -0.3 is 14.8 Å². The monoisotopic (exact) mass is 403 g/mol. The number of fused-ring (bicyclic) bond motifs is 3. The van der Waals surface area contributed by atoms with E-state index in [1.165, 1.54) is 6.08 Å². The van der Waals surface area contributed by atoms with E-state index in [4.69, 9.17) is 9.47 Å². The van der Waals surface area contributed by atoms with Crippen molar-refractivity contribution in [3.8, 4) is 11.5 Å².